The van der Waals surface area contributed by atoms with Crippen LogP contribution in [-0.2, 0) is 25.5 Å². The first kappa shape index (κ1) is 18.0. The zero-order chi connectivity index (χ0) is 16.6. The number of carbonyl (C=O) groups is 2. The minimum Gasteiger partial charge on any atom is -0.476 e. The summed E-state index contributed by atoms with van der Waals surface area (Å²) in [6, 6.07) is 7.48. The van der Waals surface area contributed by atoms with Gasteiger partial charge in [0.05, 0.1) is 13.7 Å². The topological polar surface area (TPSA) is 61.8 Å². The molecule has 0 fully saturated rings. The summed E-state index contributed by atoms with van der Waals surface area (Å²) in [5.41, 5.74) is 0.0766. The van der Waals surface area contributed by atoms with Gasteiger partial charge in [-0.05, 0) is 51.3 Å². The van der Waals surface area contributed by atoms with Gasteiger partial charge >= 0.3 is 11.9 Å². The van der Waals surface area contributed by atoms with Gasteiger partial charge in [-0.2, -0.15) is 0 Å². The van der Waals surface area contributed by atoms with Crippen LogP contribution in [0.2, 0.25) is 0 Å². The van der Waals surface area contributed by atoms with Crippen LogP contribution in [-0.4, -0.2) is 31.3 Å². The van der Waals surface area contributed by atoms with Crippen molar-refractivity contribution in [2.45, 2.75) is 45.6 Å². The summed E-state index contributed by atoms with van der Waals surface area (Å²) >= 11 is 0. The molecule has 0 aliphatic rings. The number of hydrogen-bond acceptors (Lipinski definition) is 5. The van der Waals surface area contributed by atoms with Crippen molar-refractivity contribution in [3.63, 3.8) is 0 Å². The average Bonchev–Trinajstić information content (AvgIpc) is 2.48. The summed E-state index contributed by atoms with van der Waals surface area (Å²) < 4.78 is 15.3. The van der Waals surface area contributed by atoms with Crippen LogP contribution in [0.25, 0.3) is 0 Å². The maximum atomic E-state index is 11.8. The minimum atomic E-state index is -1.03. The first-order chi connectivity index (χ1) is 10.4. The highest BCUT2D eigenvalue weighted by molar-refractivity contribution is 5.79. The predicted octanol–water partition coefficient (Wildman–Crippen LogP) is 2.90. The van der Waals surface area contributed by atoms with E-state index in [9.17, 15) is 9.59 Å². The molecule has 0 aliphatic carbocycles. The van der Waals surface area contributed by atoms with E-state index in [-0.39, 0.29) is 5.97 Å². The van der Waals surface area contributed by atoms with Crippen molar-refractivity contribution in [3.8, 4) is 5.75 Å². The molecular formula is C17H24O5. The van der Waals surface area contributed by atoms with Crippen molar-refractivity contribution >= 4 is 11.9 Å². The Kier molecular flexibility index (Phi) is 6.89. The second kappa shape index (κ2) is 8.41. The van der Waals surface area contributed by atoms with Crippen LogP contribution >= 0.6 is 0 Å². The van der Waals surface area contributed by atoms with E-state index >= 15 is 0 Å². The van der Waals surface area contributed by atoms with Crippen molar-refractivity contribution in [2.24, 2.45) is 0 Å². The molecule has 1 aromatic carbocycles. The molecule has 0 unspecified atom stereocenters. The van der Waals surface area contributed by atoms with Gasteiger partial charge in [0.15, 0.2) is 5.60 Å². The molecule has 0 spiro atoms. The Morgan fingerprint density at radius 2 is 1.77 bits per heavy atom. The van der Waals surface area contributed by atoms with Gasteiger partial charge in [0.25, 0.3) is 0 Å². The molecule has 0 saturated carbocycles. The number of esters is 2. The SMILES string of the molecule is CCOC(=O)C(C)(C)Oc1ccc(CCCC(=O)OC)cc1. The van der Waals surface area contributed by atoms with E-state index in [1.54, 1.807) is 20.8 Å². The first-order valence-electron chi connectivity index (χ1n) is 7.41. The summed E-state index contributed by atoms with van der Waals surface area (Å²) in [7, 11) is 1.39. The van der Waals surface area contributed by atoms with Gasteiger partial charge in [-0.25, -0.2) is 4.79 Å². The van der Waals surface area contributed by atoms with Crippen LogP contribution in [0.1, 0.15) is 39.2 Å². The van der Waals surface area contributed by atoms with E-state index in [2.05, 4.69) is 4.74 Å². The Hall–Kier alpha value is -2.04. The summed E-state index contributed by atoms with van der Waals surface area (Å²) in [5, 5.41) is 0. The maximum absolute atomic E-state index is 11.8. The standard InChI is InChI=1S/C17H24O5/c1-5-21-16(19)17(2,3)22-14-11-9-13(10-12-14)7-6-8-15(18)20-4/h9-12H,5-8H2,1-4H3. The second-order valence-electron chi connectivity index (χ2n) is 5.41. The van der Waals surface area contributed by atoms with Gasteiger partial charge < -0.3 is 14.2 Å². The van der Waals surface area contributed by atoms with E-state index in [1.165, 1.54) is 7.11 Å². The summed E-state index contributed by atoms with van der Waals surface area (Å²) in [6.07, 6.45) is 1.93. The number of hydrogen-bond donors (Lipinski definition) is 0. The van der Waals surface area contributed by atoms with E-state index < -0.39 is 11.6 Å². The van der Waals surface area contributed by atoms with E-state index in [0.29, 0.717) is 18.8 Å². The van der Waals surface area contributed by atoms with Crippen LogP contribution in [0, 0.1) is 0 Å². The second-order valence-corrected chi connectivity index (χ2v) is 5.41. The first-order valence-corrected chi connectivity index (χ1v) is 7.41. The molecule has 5 heteroatoms. The monoisotopic (exact) mass is 308 g/mol. The highest BCUT2D eigenvalue weighted by Gasteiger charge is 2.31. The van der Waals surface area contributed by atoms with Crippen LogP contribution in [0.4, 0.5) is 0 Å². The highest BCUT2D eigenvalue weighted by atomic mass is 16.6. The zero-order valence-corrected chi connectivity index (χ0v) is 13.7. The molecule has 0 N–H and O–H groups in total. The third-order valence-electron chi connectivity index (χ3n) is 3.14. The van der Waals surface area contributed by atoms with Gasteiger partial charge in [-0.15, -0.1) is 0 Å². The molecule has 0 aromatic heterocycles. The lowest BCUT2D eigenvalue weighted by Crippen LogP contribution is -2.39. The Balaban J connectivity index is 2.54. The molecule has 0 bridgehead atoms. The van der Waals surface area contributed by atoms with Gasteiger partial charge in [-0.3, -0.25) is 4.79 Å². The lowest BCUT2D eigenvalue weighted by molar-refractivity contribution is -0.158. The number of benzene rings is 1. The number of methoxy groups -OCH3 is 1. The van der Waals surface area contributed by atoms with Crippen LogP contribution in [0.15, 0.2) is 24.3 Å². The smallest absolute Gasteiger partial charge is 0.349 e. The Morgan fingerprint density at radius 1 is 1.14 bits per heavy atom. The maximum Gasteiger partial charge on any atom is 0.349 e. The summed E-state index contributed by atoms with van der Waals surface area (Å²) in [6.45, 7) is 5.44. The normalized spacial score (nSPS) is 10.9. The van der Waals surface area contributed by atoms with E-state index in [4.69, 9.17) is 9.47 Å². The highest BCUT2D eigenvalue weighted by Crippen LogP contribution is 2.21. The number of aryl methyl sites for hydroxylation is 1. The minimum absolute atomic E-state index is 0.198. The van der Waals surface area contributed by atoms with Crippen molar-refractivity contribution < 1.29 is 23.8 Å². The molecule has 0 radical (unpaired) electrons. The lowest BCUT2D eigenvalue weighted by Gasteiger charge is -2.24. The van der Waals surface area contributed by atoms with Crippen molar-refractivity contribution in [1.82, 2.24) is 0 Å². The molecule has 0 aliphatic heterocycles. The van der Waals surface area contributed by atoms with E-state index in [0.717, 1.165) is 18.4 Å². The van der Waals surface area contributed by atoms with Gasteiger partial charge in [0, 0.05) is 6.42 Å². The van der Waals surface area contributed by atoms with Crippen molar-refractivity contribution in [3.05, 3.63) is 29.8 Å². The van der Waals surface area contributed by atoms with Gasteiger partial charge in [0.2, 0.25) is 0 Å². The Labute approximate surface area is 131 Å². The number of carbonyl (C=O) groups excluding carboxylic acids is 2. The number of rotatable bonds is 8. The molecule has 5 nitrogen and oxygen atoms in total. The Bertz CT molecular complexity index is 490. The number of ether oxygens (including phenoxy) is 3. The third-order valence-corrected chi connectivity index (χ3v) is 3.14. The van der Waals surface area contributed by atoms with E-state index in [1.807, 2.05) is 24.3 Å². The third kappa shape index (κ3) is 5.76. The Morgan fingerprint density at radius 3 is 2.32 bits per heavy atom. The fourth-order valence-electron chi connectivity index (χ4n) is 1.90. The molecular weight excluding hydrogens is 284 g/mol. The van der Waals surface area contributed by atoms with Gasteiger partial charge in [0.1, 0.15) is 5.75 Å². The summed E-state index contributed by atoms with van der Waals surface area (Å²) in [5.74, 6) is 0.0167. The van der Waals surface area contributed by atoms with Crippen molar-refractivity contribution in [2.75, 3.05) is 13.7 Å². The molecule has 0 amide bonds. The molecule has 1 aromatic rings. The van der Waals surface area contributed by atoms with Crippen LogP contribution < -0.4 is 4.74 Å². The predicted molar refractivity (Wildman–Crippen MR) is 82.7 cm³/mol. The van der Waals surface area contributed by atoms with Crippen molar-refractivity contribution in [1.29, 1.82) is 0 Å². The molecule has 1 rings (SSSR count). The zero-order valence-electron chi connectivity index (χ0n) is 13.7. The largest absolute Gasteiger partial charge is 0.476 e. The van der Waals surface area contributed by atoms with Gasteiger partial charge in [-0.1, -0.05) is 12.1 Å². The summed E-state index contributed by atoms with van der Waals surface area (Å²) in [4.78, 5) is 22.8. The molecule has 0 saturated heterocycles. The molecule has 22 heavy (non-hydrogen) atoms. The van der Waals surface area contributed by atoms with Crippen LogP contribution in [0.3, 0.4) is 0 Å². The van der Waals surface area contributed by atoms with Crippen LogP contribution in [0.5, 0.6) is 5.75 Å². The molecule has 122 valence electrons. The molecule has 0 heterocycles. The average molecular weight is 308 g/mol. The fourth-order valence-corrected chi connectivity index (χ4v) is 1.90. The molecule has 0 atom stereocenters. The lowest BCUT2D eigenvalue weighted by atomic mass is 10.1. The fraction of sp³-hybridized carbons (Fsp3) is 0.529. The quantitative estimate of drug-likeness (QED) is 0.691.